The van der Waals surface area contributed by atoms with Gasteiger partial charge in [0.05, 0.1) is 18.8 Å². The Hall–Kier alpha value is -3.44. The molecule has 12 heteroatoms. The number of ether oxygens (including phenoxy) is 2. The molecular weight excluding hydrogens is 419 g/mol. The number of aryl methyl sites for hydroxylation is 1. The number of anilines is 1. The minimum Gasteiger partial charge on any atom is -0.480 e. The highest BCUT2D eigenvalue weighted by Crippen LogP contribution is 2.23. The third kappa shape index (κ3) is 7.08. The molecule has 2 aromatic rings. The van der Waals surface area contributed by atoms with Gasteiger partial charge in [0.15, 0.2) is 6.61 Å². The summed E-state index contributed by atoms with van der Waals surface area (Å²) < 4.78 is 46.5. The molecule has 9 nitrogen and oxygen atoms in total. The van der Waals surface area contributed by atoms with E-state index < -0.39 is 24.7 Å². The zero-order valence-electron chi connectivity index (χ0n) is 17.3. The monoisotopic (exact) mass is 441 g/mol. The third-order valence-electron chi connectivity index (χ3n) is 3.89. The average Bonchev–Trinajstić information content (AvgIpc) is 2.70. The van der Waals surface area contributed by atoms with Crippen molar-refractivity contribution in [1.82, 2.24) is 20.3 Å². The molecule has 0 aliphatic rings. The van der Waals surface area contributed by atoms with Crippen molar-refractivity contribution in [2.45, 2.75) is 39.4 Å². The van der Waals surface area contributed by atoms with Crippen molar-refractivity contribution in [3.63, 3.8) is 0 Å². The largest absolute Gasteiger partial charge is 0.480 e. The lowest BCUT2D eigenvalue weighted by molar-refractivity contribution is -0.154. The Morgan fingerprint density at radius 1 is 1.19 bits per heavy atom. The van der Waals surface area contributed by atoms with Gasteiger partial charge < -0.3 is 14.8 Å². The number of nitrogens with zero attached hydrogens (tertiary/aromatic N) is 3. The zero-order chi connectivity index (χ0) is 23.2. The molecule has 2 heterocycles. The van der Waals surface area contributed by atoms with Crippen LogP contribution >= 0.6 is 0 Å². The number of rotatable bonds is 8. The van der Waals surface area contributed by atoms with E-state index in [0.717, 1.165) is 6.07 Å². The molecule has 2 N–H and O–H groups in total. The predicted molar refractivity (Wildman–Crippen MR) is 104 cm³/mol. The molecule has 0 spiro atoms. The first-order valence-corrected chi connectivity index (χ1v) is 9.23. The summed E-state index contributed by atoms with van der Waals surface area (Å²) in [5.41, 5.74) is 1.03. The van der Waals surface area contributed by atoms with Gasteiger partial charge in [0.2, 0.25) is 23.6 Å². The van der Waals surface area contributed by atoms with Crippen molar-refractivity contribution in [3.05, 3.63) is 35.2 Å². The number of nitrogens with one attached hydrogen (secondary N) is 2. The number of alkyl halides is 3. The Labute approximate surface area is 176 Å². The standard InChI is InChI=1S/C19H22F3N5O4/c1-5-14(28)26-18-23-10(2)8-13(25-18)11(3)24-16(29)12-6-7-15(27-17(12)30-4)31-9-19(20,21)22/h6-8,11H,5,9H2,1-4H3,(H,24,29)(H,23,25,26,28). The van der Waals surface area contributed by atoms with Crippen molar-refractivity contribution in [2.75, 3.05) is 19.0 Å². The molecule has 2 aromatic heterocycles. The van der Waals surface area contributed by atoms with Crippen molar-refractivity contribution in [3.8, 4) is 11.8 Å². The summed E-state index contributed by atoms with van der Waals surface area (Å²) in [5.74, 6) is -1.25. The van der Waals surface area contributed by atoms with Crippen LogP contribution in [0.1, 0.15) is 48.1 Å². The summed E-state index contributed by atoms with van der Waals surface area (Å²) in [7, 11) is 1.23. The van der Waals surface area contributed by atoms with Gasteiger partial charge in [-0.15, -0.1) is 0 Å². The second-order valence-electron chi connectivity index (χ2n) is 6.46. The Kier molecular flexibility index (Phi) is 7.72. The summed E-state index contributed by atoms with van der Waals surface area (Å²) in [6, 6.07) is 3.45. The maximum absolute atomic E-state index is 12.7. The summed E-state index contributed by atoms with van der Waals surface area (Å²) >= 11 is 0. The first-order chi connectivity index (χ1) is 14.5. The first-order valence-electron chi connectivity index (χ1n) is 9.23. The van der Waals surface area contributed by atoms with Gasteiger partial charge in [-0.2, -0.15) is 18.2 Å². The molecule has 0 saturated heterocycles. The van der Waals surface area contributed by atoms with Gasteiger partial charge in [-0.05, 0) is 26.0 Å². The maximum Gasteiger partial charge on any atom is 0.422 e. The molecule has 0 saturated carbocycles. The van der Waals surface area contributed by atoms with E-state index in [4.69, 9.17) is 4.74 Å². The van der Waals surface area contributed by atoms with Gasteiger partial charge in [-0.25, -0.2) is 9.97 Å². The summed E-state index contributed by atoms with van der Waals surface area (Å²) in [5, 5.41) is 5.26. The van der Waals surface area contributed by atoms with Crippen molar-refractivity contribution < 1.29 is 32.2 Å². The molecule has 2 rings (SSSR count). The van der Waals surface area contributed by atoms with E-state index in [1.165, 1.54) is 13.2 Å². The Morgan fingerprint density at radius 3 is 2.52 bits per heavy atom. The molecule has 1 atom stereocenters. The molecule has 1 unspecified atom stereocenters. The number of hydrogen-bond donors (Lipinski definition) is 2. The van der Waals surface area contributed by atoms with E-state index in [-0.39, 0.29) is 35.6 Å². The molecular formula is C19H22F3N5O4. The van der Waals surface area contributed by atoms with Crippen molar-refractivity contribution in [1.29, 1.82) is 0 Å². The number of pyridine rings is 1. The Bertz CT molecular complexity index is 953. The molecule has 0 aliphatic heterocycles. The number of amides is 2. The lowest BCUT2D eigenvalue weighted by Crippen LogP contribution is -2.28. The van der Waals surface area contributed by atoms with Crippen LogP contribution in [0.3, 0.4) is 0 Å². The lowest BCUT2D eigenvalue weighted by atomic mass is 10.2. The molecule has 2 amide bonds. The van der Waals surface area contributed by atoms with Gasteiger partial charge in [-0.1, -0.05) is 6.92 Å². The number of carbonyl (C=O) groups is 2. The molecule has 31 heavy (non-hydrogen) atoms. The van der Waals surface area contributed by atoms with Crippen LogP contribution in [0.25, 0.3) is 0 Å². The SMILES string of the molecule is CCC(=O)Nc1nc(C)cc(C(C)NC(=O)c2ccc(OCC(F)(F)F)nc2OC)n1. The van der Waals surface area contributed by atoms with Crippen LogP contribution in [-0.4, -0.2) is 46.7 Å². The van der Waals surface area contributed by atoms with Crippen LogP contribution in [-0.2, 0) is 4.79 Å². The summed E-state index contributed by atoms with van der Waals surface area (Å²) in [6.07, 6.45) is -4.26. The third-order valence-corrected chi connectivity index (χ3v) is 3.89. The zero-order valence-corrected chi connectivity index (χ0v) is 17.3. The topological polar surface area (TPSA) is 115 Å². The van der Waals surface area contributed by atoms with Crippen LogP contribution in [0, 0.1) is 6.92 Å². The fourth-order valence-corrected chi connectivity index (χ4v) is 2.42. The first kappa shape index (κ1) is 23.8. The molecule has 168 valence electrons. The van der Waals surface area contributed by atoms with E-state index in [9.17, 15) is 22.8 Å². The second-order valence-corrected chi connectivity index (χ2v) is 6.46. The molecule has 0 radical (unpaired) electrons. The second kappa shape index (κ2) is 10.0. The van der Waals surface area contributed by atoms with Crippen molar-refractivity contribution in [2.24, 2.45) is 0 Å². The van der Waals surface area contributed by atoms with E-state index in [2.05, 4.69) is 30.3 Å². The predicted octanol–water partition coefficient (Wildman–Crippen LogP) is 2.97. The van der Waals surface area contributed by atoms with E-state index >= 15 is 0 Å². The van der Waals surface area contributed by atoms with Gasteiger partial charge in [-0.3, -0.25) is 14.9 Å². The number of hydrogen-bond acceptors (Lipinski definition) is 7. The quantitative estimate of drug-likeness (QED) is 0.647. The lowest BCUT2D eigenvalue weighted by Gasteiger charge is -2.16. The van der Waals surface area contributed by atoms with E-state index in [1.807, 2.05) is 0 Å². The molecule has 0 bridgehead atoms. The smallest absolute Gasteiger partial charge is 0.422 e. The van der Waals surface area contributed by atoms with E-state index in [1.54, 1.807) is 26.8 Å². The number of carbonyl (C=O) groups excluding carboxylic acids is 2. The van der Waals surface area contributed by atoms with Crippen LogP contribution in [0.15, 0.2) is 18.2 Å². The van der Waals surface area contributed by atoms with E-state index in [0.29, 0.717) is 11.4 Å². The van der Waals surface area contributed by atoms with Gasteiger partial charge >= 0.3 is 6.18 Å². The molecule has 0 aromatic carbocycles. The Morgan fingerprint density at radius 2 is 1.90 bits per heavy atom. The summed E-state index contributed by atoms with van der Waals surface area (Å²) in [6.45, 7) is 3.56. The van der Waals surface area contributed by atoms with Gasteiger partial charge in [0, 0.05) is 18.2 Å². The minimum atomic E-state index is -4.52. The molecule has 0 aliphatic carbocycles. The number of methoxy groups -OCH3 is 1. The summed E-state index contributed by atoms with van der Waals surface area (Å²) in [4.78, 5) is 36.4. The van der Waals surface area contributed by atoms with Crippen molar-refractivity contribution >= 4 is 17.8 Å². The highest BCUT2D eigenvalue weighted by atomic mass is 19.4. The average molecular weight is 441 g/mol. The fraction of sp³-hybridized carbons (Fsp3) is 0.421. The Balaban J connectivity index is 2.16. The van der Waals surface area contributed by atoms with Crippen LogP contribution < -0.4 is 20.1 Å². The number of aromatic nitrogens is 3. The maximum atomic E-state index is 12.7. The normalized spacial score (nSPS) is 12.1. The molecule has 0 fully saturated rings. The highest BCUT2D eigenvalue weighted by molar-refractivity contribution is 5.96. The fourth-order valence-electron chi connectivity index (χ4n) is 2.42. The van der Waals surface area contributed by atoms with Crippen LogP contribution in [0.5, 0.6) is 11.8 Å². The van der Waals surface area contributed by atoms with Gasteiger partial charge in [0.1, 0.15) is 5.56 Å². The minimum absolute atomic E-state index is 0.000930. The number of halogens is 3. The highest BCUT2D eigenvalue weighted by Gasteiger charge is 2.29. The van der Waals surface area contributed by atoms with Crippen LogP contribution in [0.4, 0.5) is 19.1 Å². The van der Waals surface area contributed by atoms with Crippen LogP contribution in [0.2, 0.25) is 0 Å². The van der Waals surface area contributed by atoms with Gasteiger partial charge in [0.25, 0.3) is 5.91 Å².